The number of fused-ring (bicyclic) bond motifs is 1. The van der Waals surface area contributed by atoms with E-state index in [1.165, 1.54) is 16.8 Å². The molecule has 1 aromatic heterocycles. The van der Waals surface area contributed by atoms with E-state index in [0.29, 0.717) is 0 Å². The first kappa shape index (κ1) is 10.8. The molecule has 0 aliphatic carbocycles. The number of hydrogen-bond acceptors (Lipinski definition) is 2. The summed E-state index contributed by atoms with van der Waals surface area (Å²) < 4.78 is 1.04. The molecule has 2 heterocycles. The third kappa shape index (κ3) is 2.20. The van der Waals surface area contributed by atoms with Crippen LogP contribution in [0.15, 0.2) is 47.2 Å². The van der Waals surface area contributed by atoms with Crippen molar-refractivity contribution in [3.63, 3.8) is 0 Å². The number of nitrogens with zero attached hydrogens (tertiary/aromatic N) is 2. The number of benzene rings is 1. The molecule has 0 spiro atoms. The molecule has 2 aromatic rings. The fourth-order valence-electron chi connectivity index (χ4n) is 2.29. The zero-order valence-electron chi connectivity index (χ0n) is 9.44. The van der Waals surface area contributed by atoms with Gasteiger partial charge in [0.25, 0.3) is 0 Å². The van der Waals surface area contributed by atoms with Gasteiger partial charge >= 0.3 is 0 Å². The number of hydrogen-bond donors (Lipinski definition) is 0. The predicted octanol–water partition coefficient (Wildman–Crippen LogP) is 3.41. The lowest BCUT2D eigenvalue weighted by molar-refractivity contribution is 0.730. The zero-order valence-corrected chi connectivity index (χ0v) is 11.0. The van der Waals surface area contributed by atoms with Crippen LogP contribution < -0.4 is 4.90 Å². The van der Waals surface area contributed by atoms with Crippen molar-refractivity contribution in [2.75, 3.05) is 11.4 Å². The molecule has 0 bridgehead atoms. The second-order valence-corrected chi connectivity index (χ2v) is 5.22. The first-order valence-electron chi connectivity index (χ1n) is 5.75. The zero-order chi connectivity index (χ0) is 11.7. The number of rotatable bonds is 1. The molecule has 3 heteroatoms. The van der Waals surface area contributed by atoms with Crippen LogP contribution in [0.3, 0.4) is 0 Å². The lowest BCUT2D eigenvalue weighted by Crippen LogP contribution is -2.30. The van der Waals surface area contributed by atoms with Crippen LogP contribution in [-0.4, -0.2) is 11.5 Å². The summed E-state index contributed by atoms with van der Waals surface area (Å²) in [5.74, 6) is 0. The number of aromatic nitrogens is 1. The molecule has 0 amide bonds. The van der Waals surface area contributed by atoms with Gasteiger partial charge in [-0.15, -0.1) is 0 Å². The van der Waals surface area contributed by atoms with E-state index in [1.807, 2.05) is 12.4 Å². The SMILES string of the molecule is Brc1cncc(N2CCc3ccccc3C2)c1. The minimum absolute atomic E-state index is 0.980. The third-order valence-electron chi connectivity index (χ3n) is 3.19. The summed E-state index contributed by atoms with van der Waals surface area (Å²) in [6, 6.07) is 10.8. The molecule has 1 aliphatic heterocycles. The predicted molar refractivity (Wildman–Crippen MR) is 73.1 cm³/mol. The highest BCUT2D eigenvalue weighted by atomic mass is 79.9. The molecule has 0 saturated heterocycles. The van der Waals surface area contributed by atoms with Crippen molar-refractivity contribution >= 4 is 21.6 Å². The van der Waals surface area contributed by atoms with E-state index in [1.54, 1.807) is 0 Å². The molecule has 0 atom stereocenters. The van der Waals surface area contributed by atoms with E-state index in [2.05, 4.69) is 56.1 Å². The third-order valence-corrected chi connectivity index (χ3v) is 3.62. The lowest BCUT2D eigenvalue weighted by Gasteiger charge is -2.30. The molecule has 0 saturated carbocycles. The maximum atomic E-state index is 4.23. The quantitative estimate of drug-likeness (QED) is 0.800. The van der Waals surface area contributed by atoms with Crippen molar-refractivity contribution < 1.29 is 0 Å². The van der Waals surface area contributed by atoms with Gasteiger partial charge in [-0.3, -0.25) is 4.98 Å². The molecule has 86 valence electrons. The van der Waals surface area contributed by atoms with Gasteiger partial charge in [0, 0.05) is 23.8 Å². The van der Waals surface area contributed by atoms with E-state index in [-0.39, 0.29) is 0 Å². The van der Waals surface area contributed by atoms with E-state index in [4.69, 9.17) is 0 Å². The smallest absolute Gasteiger partial charge is 0.0567 e. The molecule has 17 heavy (non-hydrogen) atoms. The summed E-state index contributed by atoms with van der Waals surface area (Å²) in [5.41, 5.74) is 4.10. The molecular weight excluding hydrogens is 276 g/mol. The second kappa shape index (κ2) is 4.49. The van der Waals surface area contributed by atoms with Gasteiger partial charge in [-0.1, -0.05) is 24.3 Å². The molecule has 0 radical (unpaired) electrons. The van der Waals surface area contributed by atoms with E-state index in [0.717, 1.165) is 24.0 Å². The van der Waals surface area contributed by atoms with Gasteiger partial charge in [0.15, 0.2) is 0 Å². The summed E-state index contributed by atoms with van der Waals surface area (Å²) in [5, 5.41) is 0. The first-order valence-corrected chi connectivity index (χ1v) is 6.54. The topological polar surface area (TPSA) is 16.1 Å². The Balaban J connectivity index is 1.89. The monoisotopic (exact) mass is 288 g/mol. The van der Waals surface area contributed by atoms with Crippen LogP contribution in [0.4, 0.5) is 5.69 Å². The molecule has 1 aromatic carbocycles. The maximum Gasteiger partial charge on any atom is 0.0567 e. The Labute approximate surface area is 109 Å². The molecular formula is C14H13BrN2. The van der Waals surface area contributed by atoms with Gasteiger partial charge in [0.05, 0.1) is 11.9 Å². The number of halogens is 1. The van der Waals surface area contributed by atoms with Gasteiger partial charge in [-0.05, 0) is 39.5 Å². The minimum atomic E-state index is 0.980. The van der Waals surface area contributed by atoms with Gasteiger partial charge in [-0.25, -0.2) is 0 Å². The van der Waals surface area contributed by atoms with E-state index >= 15 is 0 Å². The summed E-state index contributed by atoms with van der Waals surface area (Å²) in [6.45, 7) is 2.05. The van der Waals surface area contributed by atoms with E-state index in [9.17, 15) is 0 Å². The van der Waals surface area contributed by atoms with Crippen molar-refractivity contribution in [1.29, 1.82) is 0 Å². The fraction of sp³-hybridized carbons (Fsp3) is 0.214. The normalized spacial score (nSPS) is 14.5. The van der Waals surface area contributed by atoms with Crippen LogP contribution >= 0.6 is 15.9 Å². The molecule has 2 nitrogen and oxygen atoms in total. The van der Waals surface area contributed by atoms with Crippen LogP contribution in [0.2, 0.25) is 0 Å². The molecule has 1 aliphatic rings. The number of anilines is 1. The van der Waals surface area contributed by atoms with Crippen LogP contribution in [0.5, 0.6) is 0 Å². The van der Waals surface area contributed by atoms with Crippen LogP contribution in [-0.2, 0) is 13.0 Å². The number of pyridine rings is 1. The Bertz CT molecular complexity index is 539. The highest BCUT2D eigenvalue weighted by molar-refractivity contribution is 9.10. The largest absolute Gasteiger partial charge is 0.366 e. The van der Waals surface area contributed by atoms with Crippen LogP contribution in [0, 0.1) is 0 Å². The first-order chi connectivity index (χ1) is 8.33. The summed E-state index contributed by atoms with van der Waals surface area (Å²) in [7, 11) is 0. The van der Waals surface area contributed by atoms with Crippen molar-refractivity contribution in [3.05, 3.63) is 58.3 Å². The van der Waals surface area contributed by atoms with Gasteiger partial charge in [-0.2, -0.15) is 0 Å². The van der Waals surface area contributed by atoms with Gasteiger partial charge in [0.2, 0.25) is 0 Å². The highest BCUT2D eigenvalue weighted by Gasteiger charge is 2.16. The summed E-state index contributed by atoms with van der Waals surface area (Å²) >= 11 is 3.47. The fourth-order valence-corrected chi connectivity index (χ4v) is 2.64. The Morgan fingerprint density at radius 1 is 1.12 bits per heavy atom. The Morgan fingerprint density at radius 3 is 2.76 bits per heavy atom. The van der Waals surface area contributed by atoms with Crippen LogP contribution in [0.25, 0.3) is 0 Å². The standard InChI is InChI=1S/C14H13BrN2/c15-13-7-14(9-16-8-13)17-6-5-11-3-1-2-4-12(11)10-17/h1-4,7-9H,5-6,10H2. The lowest BCUT2D eigenvalue weighted by atomic mass is 10.00. The highest BCUT2D eigenvalue weighted by Crippen LogP contribution is 2.25. The van der Waals surface area contributed by atoms with Crippen molar-refractivity contribution in [1.82, 2.24) is 4.98 Å². The molecule has 0 fully saturated rings. The second-order valence-electron chi connectivity index (χ2n) is 4.30. The Hall–Kier alpha value is -1.35. The van der Waals surface area contributed by atoms with E-state index < -0.39 is 0 Å². The van der Waals surface area contributed by atoms with Crippen molar-refractivity contribution in [3.8, 4) is 0 Å². The average molecular weight is 289 g/mol. The average Bonchev–Trinajstić information content (AvgIpc) is 2.38. The molecule has 3 rings (SSSR count). The molecule has 0 unspecified atom stereocenters. The maximum absolute atomic E-state index is 4.23. The van der Waals surface area contributed by atoms with Gasteiger partial charge < -0.3 is 4.90 Å². The van der Waals surface area contributed by atoms with Crippen molar-refractivity contribution in [2.45, 2.75) is 13.0 Å². The molecule has 0 N–H and O–H groups in total. The minimum Gasteiger partial charge on any atom is -0.366 e. The summed E-state index contributed by atoms with van der Waals surface area (Å²) in [6.07, 6.45) is 4.86. The summed E-state index contributed by atoms with van der Waals surface area (Å²) in [4.78, 5) is 6.60. The van der Waals surface area contributed by atoms with Crippen molar-refractivity contribution in [2.24, 2.45) is 0 Å². The Morgan fingerprint density at radius 2 is 1.94 bits per heavy atom. The van der Waals surface area contributed by atoms with Gasteiger partial charge in [0.1, 0.15) is 0 Å². The van der Waals surface area contributed by atoms with Crippen LogP contribution in [0.1, 0.15) is 11.1 Å². The Kier molecular flexibility index (Phi) is 2.85.